The highest BCUT2D eigenvalue weighted by Gasteiger charge is 2.19. The van der Waals surface area contributed by atoms with Crippen molar-refractivity contribution in [3.63, 3.8) is 0 Å². The second-order valence-electron chi connectivity index (χ2n) is 6.24. The summed E-state index contributed by atoms with van der Waals surface area (Å²) < 4.78 is 27.2. The zero-order chi connectivity index (χ0) is 19.3. The molecule has 0 aliphatic rings. The smallest absolute Gasteiger partial charge is 0.254 e. The summed E-state index contributed by atoms with van der Waals surface area (Å²) in [6.45, 7) is 5.84. The lowest BCUT2D eigenvalue weighted by molar-refractivity contribution is -0.116. The van der Waals surface area contributed by atoms with Crippen LogP contribution in [0.15, 0.2) is 42.5 Å². The number of amides is 2. The molecule has 0 radical (unpaired) electrons. The molecule has 0 aliphatic carbocycles. The van der Waals surface area contributed by atoms with Gasteiger partial charge in [0.05, 0.1) is 0 Å². The Kier molecular flexibility index (Phi) is 6.44. The molecule has 1 N–H and O–H groups in total. The lowest BCUT2D eigenvalue weighted by Gasteiger charge is -2.21. The van der Waals surface area contributed by atoms with Gasteiger partial charge in [0.2, 0.25) is 5.91 Å². The average Bonchev–Trinajstić information content (AvgIpc) is 2.62. The van der Waals surface area contributed by atoms with Crippen molar-refractivity contribution in [1.29, 1.82) is 0 Å². The van der Waals surface area contributed by atoms with E-state index in [1.54, 1.807) is 19.1 Å². The van der Waals surface area contributed by atoms with Gasteiger partial charge in [0.1, 0.15) is 23.9 Å². The van der Waals surface area contributed by atoms with E-state index in [1.807, 2.05) is 12.1 Å². The van der Waals surface area contributed by atoms with Gasteiger partial charge < -0.3 is 10.2 Å². The van der Waals surface area contributed by atoms with Crippen molar-refractivity contribution in [2.45, 2.75) is 26.7 Å². The molecule has 2 aromatic rings. The van der Waals surface area contributed by atoms with Crippen molar-refractivity contribution < 1.29 is 18.4 Å². The number of carbonyl (C=O) groups excluding carboxylic acids is 2. The van der Waals surface area contributed by atoms with E-state index >= 15 is 0 Å². The van der Waals surface area contributed by atoms with Gasteiger partial charge in [-0.2, -0.15) is 0 Å². The standard InChI is InChI=1S/C20H22F2N2O2/c1-4-24(20(26)15-10-8-14(9-11-15)13(2)3)12-18(25)23-19-16(21)6-5-7-17(19)22/h5-11,13H,4,12H2,1-3H3,(H,23,25). The molecule has 2 amide bonds. The van der Waals surface area contributed by atoms with Gasteiger partial charge in [-0.15, -0.1) is 0 Å². The fourth-order valence-corrected chi connectivity index (χ4v) is 2.49. The summed E-state index contributed by atoms with van der Waals surface area (Å²) in [7, 11) is 0. The minimum Gasteiger partial charge on any atom is -0.330 e. The molecule has 0 aromatic heterocycles. The van der Waals surface area contributed by atoms with E-state index in [0.29, 0.717) is 11.5 Å². The van der Waals surface area contributed by atoms with Gasteiger partial charge in [0.25, 0.3) is 5.91 Å². The summed E-state index contributed by atoms with van der Waals surface area (Å²) in [6, 6.07) is 10.5. The first-order valence-electron chi connectivity index (χ1n) is 8.46. The Bertz CT molecular complexity index is 769. The number of likely N-dealkylation sites (N-methyl/N-ethyl adjacent to an activating group) is 1. The molecule has 0 unspecified atom stereocenters. The average molecular weight is 360 g/mol. The molecule has 0 heterocycles. The highest BCUT2D eigenvalue weighted by molar-refractivity contribution is 5.99. The van der Waals surface area contributed by atoms with Crippen molar-refractivity contribution in [3.8, 4) is 0 Å². The molecule has 0 bridgehead atoms. The second-order valence-corrected chi connectivity index (χ2v) is 6.24. The van der Waals surface area contributed by atoms with E-state index < -0.39 is 23.2 Å². The van der Waals surface area contributed by atoms with Crippen molar-refractivity contribution in [2.24, 2.45) is 0 Å². The second kappa shape index (κ2) is 8.56. The third kappa shape index (κ3) is 4.65. The number of anilines is 1. The van der Waals surface area contributed by atoms with Crippen LogP contribution in [0.4, 0.5) is 14.5 Å². The van der Waals surface area contributed by atoms with E-state index in [2.05, 4.69) is 19.2 Å². The minimum absolute atomic E-state index is 0.290. The van der Waals surface area contributed by atoms with Gasteiger partial charge in [0.15, 0.2) is 0 Å². The Morgan fingerprint density at radius 1 is 1.04 bits per heavy atom. The number of nitrogens with zero attached hydrogens (tertiary/aromatic N) is 1. The van der Waals surface area contributed by atoms with Crippen LogP contribution in [-0.2, 0) is 4.79 Å². The lowest BCUT2D eigenvalue weighted by Crippen LogP contribution is -2.38. The maximum absolute atomic E-state index is 13.6. The molecule has 0 spiro atoms. The van der Waals surface area contributed by atoms with Gasteiger partial charge in [0, 0.05) is 12.1 Å². The monoisotopic (exact) mass is 360 g/mol. The van der Waals surface area contributed by atoms with Crippen molar-refractivity contribution in [1.82, 2.24) is 4.90 Å². The Morgan fingerprint density at radius 3 is 2.12 bits per heavy atom. The zero-order valence-electron chi connectivity index (χ0n) is 15.1. The number of rotatable bonds is 6. The number of carbonyl (C=O) groups is 2. The lowest BCUT2D eigenvalue weighted by atomic mass is 10.0. The number of benzene rings is 2. The number of para-hydroxylation sites is 1. The van der Waals surface area contributed by atoms with Crippen LogP contribution in [0, 0.1) is 11.6 Å². The topological polar surface area (TPSA) is 49.4 Å². The highest BCUT2D eigenvalue weighted by atomic mass is 19.1. The quantitative estimate of drug-likeness (QED) is 0.840. The van der Waals surface area contributed by atoms with Crippen LogP contribution < -0.4 is 5.32 Å². The largest absolute Gasteiger partial charge is 0.330 e. The van der Waals surface area contributed by atoms with E-state index in [4.69, 9.17) is 0 Å². The maximum Gasteiger partial charge on any atom is 0.254 e. The van der Waals surface area contributed by atoms with Crippen LogP contribution >= 0.6 is 0 Å². The number of hydrogen-bond acceptors (Lipinski definition) is 2. The Hall–Kier alpha value is -2.76. The molecule has 0 aliphatic heterocycles. The van der Waals surface area contributed by atoms with Gasteiger partial charge >= 0.3 is 0 Å². The Labute approximate surface area is 151 Å². The van der Waals surface area contributed by atoms with Gasteiger partial charge in [-0.3, -0.25) is 9.59 Å². The van der Waals surface area contributed by atoms with Crippen molar-refractivity contribution in [3.05, 3.63) is 65.2 Å². The molecule has 138 valence electrons. The SMILES string of the molecule is CCN(CC(=O)Nc1c(F)cccc1F)C(=O)c1ccc(C(C)C)cc1. The minimum atomic E-state index is -0.864. The van der Waals surface area contributed by atoms with Crippen LogP contribution in [0.3, 0.4) is 0 Å². The zero-order valence-corrected chi connectivity index (χ0v) is 15.1. The van der Waals surface area contributed by atoms with E-state index in [0.717, 1.165) is 17.7 Å². The molecule has 2 rings (SSSR count). The predicted molar refractivity (Wildman–Crippen MR) is 97.1 cm³/mol. The van der Waals surface area contributed by atoms with Gasteiger partial charge in [-0.1, -0.05) is 32.0 Å². The van der Waals surface area contributed by atoms with Crippen LogP contribution in [0.1, 0.15) is 42.6 Å². The van der Waals surface area contributed by atoms with Gasteiger partial charge in [-0.25, -0.2) is 8.78 Å². The molecule has 26 heavy (non-hydrogen) atoms. The van der Waals surface area contributed by atoms with E-state index in [1.165, 1.54) is 11.0 Å². The first-order valence-corrected chi connectivity index (χ1v) is 8.46. The third-order valence-electron chi connectivity index (χ3n) is 4.05. The van der Waals surface area contributed by atoms with E-state index in [-0.39, 0.29) is 19.0 Å². The first kappa shape index (κ1) is 19.6. The summed E-state index contributed by atoms with van der Waals surface area (Å²) in [5, 5.41) is 2.19. The number of hydrogen-bond donors (Lipinski definition) is 1. The molecule has 4 nitrogen and oxygen atoms in total. The molecular weight excluding hydrogens is 338 g/mol. The number of nitrogens with one attached hydrogen (secondary N) is 1. The van der Waals surface area contributed by atoms with Crippen molar-refractivity contribution >= 4 is 17.5 Å². The van der Waals surface area contributed by atoms with Crippen LogP contribution in [-0.4, -0.2) is 29.8 Å². The first-order chi connectivity index (χ1) is 12.3. The molecular formula is C20H22F2N2O2. The van der Waals surface area contributed by atoms with Crippen LogP contribution in [0.2, 0.25) is 0 Å². The molecule has 0 saturated carbocycles. The molecule has 2 aromatic carbocycles. The third-order valence-corrected chi connectivity index (χ3v) is 4.05. The molecule has 6 heteroatoms. The molecule has 0 fully saturated rings. The van der Waals surface area contributed by atoms with Gasteiger partial charge in [-0.05, 0) is 42.7 Å². The van der Waals surface area contributed by atoms with E-state index in [9.17, 15) is 18.4 Å². The van der Waals surface area contributed by atoms with Crippen molar-refractivity contribution in [2.75, 3.05) is 18.4 Å². The predicted octanol–water partition coefficient (Wildman–Crippen LogP) is 4.19. The molecule has 0 saturated heterocycles. The maximum atomic E-state index is 13.6. The summed E-state index contributed by atoms with van der Waals surface area (Å²) >= 11 is 0. The summed E-state index contributed by atoms with van der Waals surface area (Å²) in [6.07, 6.45) is 0. The van der Waals surface area contributed by atoms with Crippen LogP contribution in [0.25, 0.3) is 0 Å². The summed E-state index contributed by atoms with van der Waals surface area (Å²) in [4.78, 5) is 26.0. The highest BCUT2D eigenvalue weighted by Crippen LogP contribution is 2.18. The fourth-order valence-electron chi connectivity index (χ4n) is 2.49. The Morgan fingerprint density at radius 2 is 1.62 bits per heavy atom. The fraction of sp³-hybridized carbons (Fsp3) is 0.300. The van der Waals surface area contributed by atoms with Crippen LogP contribution in [0.5, 0.6) is 0 Å². The number of halogens is 2. The normalized spacial score (nSPS) is 10.7. The summed E-state index contributed by atoms with van der Waals surface area (Å²) in [5.74, 6) is -2.35. The Balaban J connectivity index is 2.08. The molecule has 0 atom stereocenters. The summed E-state index contributed by atoms with van der Waals surface area (Å²) in [5.41, 5.74) is 1.06.